The summed E-state index contributed by atoms with van der Waals surface area (Å²) in [6.07, 6.45) is 0. The Bertz CT molecular complexity index is 765. The van der Waals surface area contributed by atoms with Crippen LogP contribution in [0.2, 0.25) is 10.0 Å². The lowest BCUT2D eigenvalue weighted by Crippen LogP contribution is -2.27. The van der Waals surface area contributed by atoms with Gasteiger partial charge in [0, 0.05) is 23.6 Å². The molecule has 0 fully saturated rings. The van der Waals surface area contributed by atoms with Crippen LogP contribution in [0.4, 0.5) is 4.39 Å². The first kappa shape index (κ1) is 16.2. The van der Waals surface area contributed by atoms with E-state index in [9.17, 15) is 12.8 Å². The first-order valence-corrected chi connectivity index (χ1v) is 8.17. The van der Waals surface area contributed by atoms with Crippen LogP contribution >= 0.6 is 23.2 Å². The van der Waals surface area contributed by atoms with Crippen LogP contribution in [0.1, 0.15) is 5.56 Å². The lowest BCUT2D eigenvalue weighted by molar-refractivity contribution is 0.460. The molecule has 21 heavy (non-hydrogen) atoms. The number of nitrogens with zero attached hydrogens (tertiary/aromatic N) is 1. The molecule has 112 valence electrons. The maximum absolute atomic E-state index is 13.7. The molecule has 0 aliphatic carbocycles. The molecule has 0 aliphatic rings. The second kappa shape index (κ2) is 6.32. The van der Waals surface area contributed by atoms with Crippen LogP contribution in [0.3, 0.4) is 0 Å². The minimum Gasteiger partial charge on any atom is -0.207 e. The molecule has 0 aromatic heterocycles. The summed E-state index contributed by atoms with van der Waals surface area (Å²) in [5.41, 5.74) is 0.587. The second-order valence-corrected chi connectivity index (χ2v) is 7.28. The number of benzene rings is 2. The number of hydrogen-bond acceptors (Lipinski definition) is 2. The Morgan fingerprint density at radius 3 is 2.43 bits per heavy atom. The third kappa shape index (κ3) is 3.55. The molecule has 2 aromatic carbocycles. The Hall–Kier alpha value is -1.14. The van der Waals surface area contributed by atoms with E-state index in [4.69, 9.17) is 23.2 Å². The Labute approximate surface area is 133 Å². The third-order valence-corrected chi connectivity index (χ3v) is 5.36. The molecule has 0 radical (unpaired) electrons. The fourth-order valence-electron chi connectivity index (χ4n) is 1.80. The summed E-state index contributed by atoms with van der Waals surface area (Å²) in [6.45, 7) is 0.0205. The van der Waals surface area contributed by atoms with Crippen LogP contribution in [0.5, 0.6) is 0 Å². The normalized spacial score (nSPS) is 11.9. The molecule has 0 atom stereocenters. The van der Waals surface area contributed by atoms with Crippen molar-refractivity contribution in [1.29, 1.82) is 0 Å². The summed E-state index contributed by atoms with van der Waals surface area (Å²) in [5, 5.41) is 0.821. The molecule has 7 heteroatoms. The van der Waals surface area contributed by atoms with Gasteiger partial charge in [-0.1, -0.05) is 41.4 Å². The molecule has 2 rings (SSSR count). The first-order valence-electron chi connectivity index (χ1n) is 5.97. The van der Waals surface area contributed by atoms with Gasteiger partial charge in [0.2, 0.25) is 10.0 Å². The molecule has 0 saturated heterocycles. The number of hydrogen-bond donors (Lipinski definition) is 0. The summed E-state index contributed by atoms with van der Waals surface area (Å²) in [7, 11) is -2.56. The standard InChI is InChI=1S/C14H12Cl2FNO2S/c1-18(9-10-6-7-11(15)8-12(10)16)21(19,20)14-5-3-2-4-13(14)17/h2-8H,9H2,1H3. The topological polar surface area (TPSA) is 37.4 Å². The average molecular weight is 348 g/mol. The molecule has 0 bridgehead atoms. The van der Waals surface area contributed by atoms with Gasteiger partial charge in [0.05, 0.1) is 0 Å². The fraction of sp³-hybridized carbons (Fsp3) is 0.143. The highest BCUT2D eigenvalue weighted by Crippen LogP contribution is 2.25. The van der Waals surface area contributed by atoms with Crippen LogP contribution in [0.15, 0.2) is 47.4 Å². The maximum atomic E-state index is 13.7. The molecule has 3 nitrogen and oxygen atoms in total. The zero-order valence-corrected chi connectivity index (χ0v) is 13.4. The van der Waals surface area contributed by atoms with Crippen molar-refractivity contribution in [2.45, 2.75) is 11.4 Å². The van der Waals surface area contributed by atoms with Crippen LogP contribution in [-0.4, -0.2) is 19.8 Å². The molecule has 0 spiro atoms. The van der Waals surface area contributed by atoms with E-state index in [-0.39, 0.29) is 11.4 Å². The summed E-state index contributed by atoms with van der Waals surface area (Å²) in [4.78, 5) is -0.363. The largest absolute Gasteiger partial charge is 0.246 e. The summed E-state index contributed by atoms with van der Waals surface area (Å²) < 4.78 is 39.4. The van der Waals surface area contributed by atoms with Gasteiger partial charge in [-0.25, -0.2) is 12.8 Å². The molecule has 0 aliphatic heterocycles. The van der Waals surface area contributed by atoms with E-state index >= 15 is 0 Å². The lowest BCUT2D eigenvalue weighted by atomic mass is 10.2. The summed E-state index contributed by atoms with van der Waals surface area (Å²) in [5.74, 6) is -0.786. The summed E-state index contributed by atoms with van der Waals surface area (Å²) in [6, 6.07) is 10.0. The molecular weight excluding hydrogens is 336 g/mol. The van der Waals surface area contributed by atoms with Gasteiger partial charge in [0.1, 0.15) is 10.7 Å². The van der Waals surface area contributed by atoms with Crippen LogP contribution < -0.4 is 0 Å². The van der Waals surface area contributed by atoms with Crippen molar-refractivity contribution in [1.82, 2.24) is 4.31 Å². The van der Waals surface area contributed by atoms with Gasteiger partial charge in [-0.15, -0.1) is 0 Å². The Morgan fingerprint density at radius 1 is 1.14 bits per heavy atom. The van der Waals surface area contributed by atoms with Crippen molar-refractivity contribution < 1.29 is 12.8 Å². The zero-order chi connectivity index (χ0) is 15.6. The fourth-order valence-corrected chi connectivity index (χ4v) is 3.47. The van der Waals surface area contributed by atoms with Crippen molar-refractivity contribution >= 4 is 33.2 Å². The monoisotopic (exact) mass is 347 g/mol. The van der Waals surface area contributed by atoms with E-state index < -0.39 is 15.8 Å². The Balaban J connectivity index is 2.31. The predicted molar refractivity (Wildman–Crippen MR) is 81.5 cm³/mol. The highest BCUT2D eigenvalue weighted by molar-refractivity contribution is 7.89. The molecule has 0 unspecified atom stereocenters. The van der Waals surface area contributed by atoms with E-state index in [1.807, 2.05) is 0 Å². The molecule has 0 N–H and O–H groups in total. The van der Waals surface area contributed by atoms with Crippen LogP contribution in [0, 0.1) is 5.82 Å². The zero-order valence-electron chi connectivity index (χ0n) is 11.1. The Kier molecular flexibility index (Phi) is 4.88. The van der Waals surface area contributed by atoms with Gasteiger partial charge in [0.25, 0.3) is 0 Å². The van der Waals surface area contributed by atoms with E-state index in [0.717, 1.165) is 10.4 Å². The highest BCUT2D eigenvalue weighted by atomic mass is 35.5. The van der Waals surface area contributed by atoms with E-state index in [1.54, 1.807) is 12.1 Å². The van der Waals surface area contributed by atoms with Crippen molar-refractivity contribution in [3.05, 3.63) is 63.9 Å². The number of rotatable bonds is 4. The van der Waals surface area contributed by atoms with Crippen molar-refractivity contribution in [2.75, 3.05) is 7.05 Å². The van der Waals surface area contributed by atoms with E-state index in [1.165, 1.54) is 31.3 Å². The average Bonchev–Trinajstić information content (AvgIpc) is 2.42. The van der Waals surface area contributed by atoms with Crippen molar-refractivity contribution in [3.63, 3.8) is 0 Å². The van der Waals surface area contributed by atoms with Gasteiger partial charge < -0.3 is 0 Å². The molecular formula is C14H12Cl2FNO2S. The lowest BCUT2D eigenvalue weighted by Gasteiger charge is -2.18. The molecule has 2 aromatic rings. The quantitative estimate of drug-likeness (QED) is 0.839. The third-order valence-electron chi connectivity index (χ3n) is 2.93. The van der Waals surface area contributed by atoms with Gasteiger partial charge in [-0.3, -0.25) is 0 Å². The summed E-state index contributed by atoms with van der Waals surface area (Å²) >= 11 is 11.8. The maximum Gasteiger partial charge on any atom is 0.246 e. The predicted octanol–water partition coefficient (Wildman–Crippen LogP) is 3.95. The minimum absolute atomic E-state index is 0.0205. The van der Waals surface area contributed by atoms with Crippen molar-refractivity contribution in [2.24, 2.45) is 0 Å². The van der Waals surface area contributed by atoms with Crippen LogP contribution in [0.25, 0.3) is 0 Å². The molecule has 0 heterocycles. The van der Waals surface area contributed by atoms with Gasteiger partial charge >= 0.3 is 0 Å². The van der Waals surface area contributed by atoms with Crippen molar-refractivity contribution in [3.8, 4) is 0 Å². The second-order valence-electron chi connectivity index (χ2n) is 4.43. The smallest absolute Gasteiger partial charge is 0.207 e. The van der Waals surface area contributed by atoms with Gasteiger partial charge in [-0.2, -0.15) is 4.31 Å². The van der Waals surface area contributed by atoms with E-state index in [2.05, 4.69) is 0 Å². The molecule has 0 amide bonds. The highest BCUT2D eigenvalue weighted by Gasteiger charge is 2.24. The first-order chi connectivity index (χ1) is 9.82. The SMILES string of the molecule is CN(Cc1ccc(Cl)cc1Cl)S(=O)(=O)c1ccccc1F. The minimum atomic E-state index is -3.93. The Morgan fingerprint density at radius 2 is 1.81 bits per heavy atom. The van der Waals surface area contributed by atoms with Gasteiger partial charge in [-0.05, 0) is 29.8 Å². The number of halogens is 3. The van der Waals surface area contributed by atoms with Crippen LogP contribution in [-0.2, 0) is 16.6 Å². The van der Waals surface area contributed by atoms with Gasteiger partial charge in [0.15, 0.2) is 0 Å². The molecule has 0 saturated carbocycles. The number of sulfonamides is 1. The van der Waals surface area contributed by atoms with E-state index in [0.29, 0.717) is 15.6 Å².